The maximum absolute atomic E-state index is 12.7. The van der Waals surface area contributed by atoms with Crippen molar-refractivity contribution < 1.29 is 4.79 Å². The van der Waals surface area contributed by atoms with E-state index in [2.05, 4.69) is 16.8 Å². The maximum atomic E-state index is 12.7. The summed E-state index contributed by atoms with van der Waals surface area (Å²) in [6.07, 6.45) is 7.88. The SMILES string of the molecule is C=Cc1ccc(NC(=O)N2CCCC[C@H]2CN2CCCC2)cc1. The molecule has 0 unspecified atom stereocenters. The number of benzene rings is 1. The molecule has 2 aliphatic rings. The number of piperidine rings is 1. The summed E-state index contributed by atoms with van der Waals surface area (Å²) < 4.78 is 0. The van der Waals surface area contributed by atoms with Crippen LogP contribution in [-0.4, -0.2) is 48.1 Å². The molecule has 0 spiro atoms. The quantitative estimate of drug-likeness (QED) is 0.917. The fourth-order valence-electron chi connectivity index (χ4n) is 3.62. The molecule has 2 amide bonds. The van der Waals surface area contributed by atoms with Crippen LogP contribution in [0.1, 0.15) is 37.7 Å². The number of anilines is 1. The van der Waals surface area contributed by atoms with E-state index in [1.54, 1.807) is 0 Å². The van der Waals surface area contributed by atoms with Crippen LogP contribution in [0.15, 0.2) is 30.8 Å². The lowest BCUT2D eigenvalue weighted by molar-refractivity contribution is 0.136. The third-order valence-corrected chi connectivity index (χ3v) is 4.95. The van der Waals surface area contributed by atoms with E-state index < -0.39 is 0 Å². The molecule has 3 rings (SSSR count). The van der Waals surface area contributed by atoms with E-state index in [9.17, 15) is 4.79 Å². The van der Waals surface area contributed by atoms with Gasteiger partial charge in [0.25, 0.3) is 0 Å². The Hall–Kier alpha value is -1.81. The van der Waals surface area contributed by atoms with E-state index in [1.807, 2.05) is 35.2 Å². The van der Waals surface area contributed by atoms with Gasteiger partial charge < -0.3 is 15.1 Å². The van der Waals surface area contributed by atoms with Crippen molar-refractivity contribution in [2.75, 3.05) is 31.5 Å². The molecule has 124 valence electrons. The van der Waals surface area contributed by atoms with Crippen LogP contribution in [-0.2, 0) is 0 Å². The van der Waals surface area contributed by atoms with Gasteiger partial charge >= 0.3 is 6.03 Å². The van der Waals surface area contributed by atoms with Gasteiger partial charge in [0.1, 0.15) is 0 Å². The Bertz CT molecular complexity index is 534. The normalized spacial score (nSPS) is 22.1. The standard InChI is InChI=1S/C19H27N3O/c1-2-16-8-10-17(11-9-16)20-19(23)22-14-4-3-7-18(22)15-21-12-5-6-13-21/h2,8-11,18H,1,3-7,12-15H2,(H,20,23)/t18-/m0/s1. The number of carbonyl (C=O) groups excluding carboxylic acids is 1. The highest BCUT2D eigenvalue weighted by molar-refractivity contribution is 5.89. The first kappa shape index (κ1) is 16.1. The minimum atomic E-state index is 0.0419. The summed E-state index contributed by atoms with van der Waals surface area (Å²) in [4.78, 5) is 17.2. The van der Waals surface area contributed by atoms with Gasteiger partial charge in [0.05, 0.1) is 0 Å². The lowest BCUT2D eigenvalue weighted by Gasteiger charge is -2.37. The highest BCUT2D eigenvalue weighted by atomic mass is 16.2. The minimum absolute atomic E-state index is 0.0419. The van der Waals surface area contributed by atoms with Gasteiger partial charge in [0.15, 0.2) is 0 Å². The molecule has 1 aromatic carbocycles. The van der Waals surface area contributed by atoms with Crippen molar-refractivity contribution >= 4 is 17.8 Å². The molecule has 4 nitrogen and oxygen atoms in total. The Kier molecular flexibility index (Phi) is 5.34. The molecule has 23 heavy (non-hydrogen) atoms. The summed E-state index contributed by atoms with van der Waals surface area (Å²) in [6.45, 7) is 8.03. The summed E-state index contributed by atoms with van der Waals surface area (Å²) in [7, 11) is 0. The lowest BCUT2D eigenvalue weighted by Crippen LogP contribution is -2.50. The smallest absolute Gasteiger partial charge is 0.320 e. The first-order chi connectivity index (χ1) is 11.3. The summed E-state index contributed by atoms with van der Waals surface area (Å²) >= 11 is 0. The average Bonchev–Trinajstić information content (AvgIpc) is 3.09. The van der Waals surface area contributed by atoms with Crippen molar-refractivity contribution in [2.45, 2.75) is 38.1 Å². The molecular weight excluding hydrogens is 286 g/mol. The largest absolute Gasteiger partial charge is 0.322 e. The van der Waals surface area contributed by atoms with E-state index >= 15 is 0 Å². The van der Waals surface area contributed by atoms with Crippen molar-refractivity contribution in [2.24, 2.45) is 0 Å². The second kappa shape index (κ2) is 7.64. The molecule has 2 aliphatic heterocycles. The van der Waals surface area contributed by atoms with Crippen LogP contribution < -0.4 is 5.32 Å². The summed E-state index contributed by atoms with van der Waals surface area (Å²) in [5.74, 6) is 0. The second-order valence-corrected chi connectivity index (χ2v) is 6.61. The van der Waals surface area contributed by atoms with E-state index in [1.165, 1.54) is 32.4 Å². The van der Waals surface area contributed by atoms with Gasteiger partial charge in [-0.2, -0.15) is 0 Å². The zero-order valence-corrected chi connectivity index (χ0v) is 13.8. The molecule has 0 radical (unpaired) electrons. The van der Waals surface area contributed by atoms with E-state index in [-0.39, 0.29) is 6.03 Å². The molecule has 0 saturated carbocycles. The zero-order chi connectivity index (χ0) is 16.1. The molecule has 0 bridgehead atoms. The van der Waals surface area contributed by atoms with Crippen LogP contribution in [0.3, 0.4) is 0 Å². The molecule has 4 heteroatoms. The third kappa shape index (κ3) is 4.14. The Morgan fingerprint density at radius 3 is 2.52 bits per heavy atom. The highest BCUT2D eigenvalue weighted by Crippen LogP contribution is 2.21. The van der Waals surface area contributed by atoms with Crippen LogP contribution in [0, 0.1) is 0 Å². The molecule has 2 heterocycles. The van der Waals surface area contributed by atoms with E-state index in [0.29, 0.717) is 6.04 Å². The fourth-order valence-corrected chi connectivity index (χ4v) is 3.62. The highest BCUT2D eigenvalue weighted by Gasteiger charge is 2.29. The van der Waals surface area contributed by atoms with Crippen molar-refractivity contribution in [3.8, 4) is 0 Å². The summed E-state index contributed by atoms with van der Waals surface area (Å²) in [6, 6.07) is 8.22. The molecule has 1 aromatic rings. The van der Waals surface area contributed by atoms with Gasteiger partial charge in [-0.15, -0.1) is 0 Å². The predicted molar refractivity (Wildman–Crippen MR) is 95.6 cm³/mol. The number of urea groups is 1. The Morgan fingerprint density at radius 2 is 1.83 bits per heavy atom. The molecule has 1 atom stereocenters. The number of carbonyl (C=O) groups is 1. The number of amides is 2. The molecular formula is C19H27N3O. The number of nitrogens with one attached hydrogen (secondary N) is 1. The average molecular weight is 313 g/mol. The van der Waals surface area contributed by atoms with Gasteiger partial charge in [0, 0.05) is 24.8 Å². The maximum Gasteiger partial charge on any atom is 0.322 e. The Balaban J connectivity index is 1.61. The first-order valence-corrected chi connectivity index (χ1v) is 8.79. The van der Waals surface area contributed by atoms with E-state index in [4.69, 9.17) is 0 Å². The molecule has 0 aromatic heterocycles. The van der Waals surface area contributed by atoms with Gasteiger partial charge in [-0.05, 0) is 62.9 Å². The molecule has 2 fully saturated rings. The fraction of sp³-hybridized carbons (Fsp3) is 0.526. The van der Waals surface area contributed by atoms with Crippen LogP contribution in [0.4, 0.5) is 10.5 Å². The first-order valence-electron chi connectivity index (χ1n) is 8.79. The van der Waals surface area contributed by atoms with Crippen molar-refractivity contribution in [1.82, 2.24) is 9.80 Å². The molecule has 1 N–H and O–H groups in total. The summed E-state index contributed by atoms with van der Waals surface area (Å²) in [5.41, 5.74) is 1.92. The van der Waals surface area contributed by atoms with Crippen LogP contribution in [0.25, 0.3) is 6.08 Å². The summed E-state index contributed by atoms with van der Waals surface area (Å²) in [5, 5.41) is 3.05. The lowest BCUT2D eigenvalue weighted by atomic mass is 10.0. The van der Waals surface area contributed by atoms with Gasteiger partial charge in [-0.25, -0.2) is 4.79 Å². The van der Waals surface area contributed by atoms with Crippen LogP contribution in [0.5, 0.6) is 0 Å². The number of hydrogen-bond acceptors (Lipinski definition) is 2. The monoisotopic (exact) mass is 313 g/mol. The third-order valence-electron chi connectivity index (χ3n) is 4.95. The second-order valence-electron chi connectivity index (χ2n) is 6.61. The van der Waals surface area contributed by atoms with Crippen LogP contribution in [0.2, 0.25) is 0 Å². The van der Waals surface area contributed by atoms with Gasteiger partial charge in [-0.3, -0.25) is 0 Å². The number of nitrogens with zero attached hydrogens (tertiary/aromatic N) is 2. The number of hydrogen-bond donors (Lipinski definition) is 1. The van der Waals surface area contributed by atoms with Crippen molar-refractivity contribution in [3.05, 3.63) is 36.4 Å². The topological polar surface area (TPSA) is 35.6 Å². The van der Waals surface area contributed by atoms with Crippen molar-refractivity contribution in [1.29, 1.82) is 0 Å². The minimum Gasteiger partial charge on any atom is -0.320 e. The zero-order valence-electron chi connectivity index (χ0n) is 13.8. The van der Waals surface area contributed by atoms with Gasteiger partial charge in [0.2, 0.25) is 0 Å². The van der Waals surface area contributed by atoms with Crippen molar-refractivity contribution in [3.63, 3.8) is 0 Å². The predicted octanol–water partition coefficient (Wildman–Crippen LogP) is 3.81. The van der Waals surface area contributed by atoms with Crippen LogP contribution >= 0.6 is 0 Å². The Morgan fingerprint density at radius 1 is 1.13 bits per heavy atom. The molecule has 2 saturated heterocycles. The Labute approximate surface area is 139 Å². The van der Waals surface area contributed by atoms with Gasteiger partial charge in [-0.1, -0.05) is 24.8 Å². The molecule has 0 aliphatic carbocycles. The van der Waals surface area contributed by atoms with E-state index in [0.717, 1.165) is 37.2 Å². The number of likely N-dealkylation sites (tertiary alicyclic amines) is 2. The number of rotatable bonds is 4.